The lowest BCUT2D eigenvalue weighted by Crippen LogP contribution is -2.54. The zero-order chi connectivity index (χ0) is 30.5. The van der Waals surface area contributed by atoms with Crippen molar-refractivity contribution in [2.75, 3.05) is 12.0 Å². The molecule has 4 aromatic carbocycles. The minimum atomic E-state index is -0.852. The normalized spacial score (nSPS) is 14.1. The quantitative estimate of drug-likeness (QED) is 0.110. The first-order valence-electron chi connectivity index (χ1n) is 12.9. The van der Waals surface area contributed by atoms with Crippen LogP contribution in [0.3, 0.4) is 0 Å². The molecule has 0 spiro atoms. The number of anilines is 1. The van der Waals surface area contributed by atoms with E-state index in [-0.39, 0.29) is 24.5 Å². The molecule has 0 bridgehead atoms. The number of methoxy groups -OCH3 is 1. The average molecular weight is 729 g/mol. The van der Waals surface area contributed by atoms with Crippen molar-refractivity contribution in [1.82, 2.24) is 5.32 Å². The molecule has 1 saturated heterocycles. The van der Waals surface area contributed by atoms with Crippen molar-refractivity contribution in [3.8, 4) is 17.2 Å². The smallest absolute Gasteiger partial charge is 0.335 e. The third kappa shape index (κ3) is 7.12. The van der Waals surface area contributed by atoms with Crippen molar-refractivity contribution >= 4 is 75.4 Å². The number of carbonyl (C=O) groups excluding carboxylic acids is 3. The molecule has 1 heterocycles. The third-order valence-corrected chi connectivity index (χ3v) is 7.83. The molecule has 1 N–H and O–H groups in total. The van der Waals surface area contributed by atoms with E-state index in [1.807, 2.05) is 30.3 Å². The number of halogens is 3. The van der Waals surface area contributed by atoms with Crippen LogP contribution in [0.15, 0.2) is 90.5 Å². The van der Waals surface area contributed by atoms with Crippen LogP contribution in [0, 0.1) is 3.57 Å². The summed E-state index contributed by atoms with van der Waals surface area (Å²) < 4.78 is 18.0. The molecular formula is C32H23Cl2IN2O6. The number of urea groups is 1. The molecule has 8 nitrogen and oxygen atoms in total. The standard InChI is InChI=1S/C32H23Cl2IN2O6/c1-41-28-16-20(15-27(35)29(28)43-17-19-6-8-22(33)9-7-19)14-25-30(38)36-32(40)37(31(25)39)23-10-12-24(13-11-23)42-18-21-4-2-3-5-26(21)34/h2-16H,17-18H2,1H3,(H,36,38,40)/b25-14+. The predicted molar refractivity (Wildman–Crippen MR) is 173 cm³/mol. The summed E-state index contributed by atoms with van der Waals surface area (Å²) in [6.45, 7) is 0.530. The Kier molecular flexibility index (Phi) is 9.54. The molecule has 1 fully saturated rings. The molecule has 4 aromatic rings. The maximum Gasteiger partial charge on any atom is 0.335 e. The van der Waals surface area contributed by atoms with Gasteiger partial charge in [-0.3, -0.25) is 14.9 Å². The molecule has 1 aliphatic rings. The number of carbonyl (C=O) groups is 3. The van der Waals surface area contributed by atoms with Crippen molar-refractivity contribution in [1.29, 1.82) is 0 Å². The molecule has 0 saturated carbocycles. The lowest BCUT2D eigenvalue weighted by molar-refractivity contribution is -0.122. The number of benzene rings is 4. The van der Waals surface area contributed by atoms with Gasteiger partial charge in [-0.2, -0.15) is 0 Å². The van der Waals surface area contributed by atoms with Gasteiger partial charge in [-0.05, 0) is 94.4 Å². The van der Waals surface area contributed by atoms with E-state index in [4.69, 9.17) is 37.4 Å². The summed E-state index contributed by atoms with van der Waals surface area (Å²) in [5.41, 5.74) is 2.30. The number of ether oxygens (including phenoxy) is 3. The fourth-order valence-electron chi connectivity index (χ4n) is 4.23. The summed E-state index contributed by atoms with van der Waals surface area (Å²) in [5.74, 6) is -0.135. The Bertz CT molecular complexity index is 1730. The number of imide groups is 2. The number of hydrogen-bond acceptors (Lipinski definition) is 6. The van der Waals surface area contributed by atoms with Crippen LogP contribution < -0.4 is 24.4 Å². The molecule has 5 rings (SSSR count). The average Bonchev–Trinajstić information content (AvgIpc) is 2.99. The summed E-state index contributed by atoms with van der Waals surface area (Å²) in [4.78, 5) is 39.8. The van der Waals surface area contributed by atoms with Crippen LogP contribution in [0.2, 0.25) is 10.0 Å². The topological polar surface area (TPSA) is 94.2 Å². The van der Waals surface area contributed by atoms with Crippen LogP contribution in [0.4, 0.5) is 10.5 Å². The molecule has 218 valence electrons. The number of barbiturate groups is 1. The Morgan fingerprint density at radius 1 is 0.884 bits per heavy atom. The van der Waals surface area contributed by atoms with Crippen LogP contribution in [0.25, 0.3) is 6.08 Å². The van der Waals surface area contributed by atoms with Gasteiger partial charge < -0.3 is 14.2 Å². The second kappa shape index (κ2) is 13.5. The molecular weight excluding hydrogens is 706 g/mol. The largest absolute Gasteiger partial charge is 0.493 e. The Morgan fingerprint density at radius 2 is 1.60 bits per heavy atom. The van der Waals surface area contributed by atoms with E-state index in [9.17, 15) is 14.4 Å². The zero-order valence-corrected chi connectivity index (χ0v) is 26.3. The van der Waals surface area contributed by atoms with E-state index in [1.54, 1.807) is 54.6 Å². The lowest BCUT2D eigenvalue weighted by atomic mass is 10.1. The summed E-state index contributed by atoms with van der Waals surface area (Å²) in [6, 6.07) is 23.5. The van der Waals surface area contributed by atoms with Crippen molar-refractivity contribution < 1.29 is 28.6 Å². The lowest BCUT2D eigenvalue weighted by Gasteiger charge is -2.26. The summed E-state index contributed by atoms with van der Waals surface area (Å²) >= 11 is 14.2. The Hall–Kier alpha value is -4.06. The molecule has 0 atom stereocenters. The second-order valence-corrected chi connectivity index (χ2v) is 11.3. The molecule has 43 heavy (non-hydrogen) atoms. The van der Waals surface area contributed by atoms with Crippen LogP contribution in [-0.2, 0) is 22.8 Å². The van der Waals surface area contributed by atoms with Crippen LogP contribution in [0.1, 0.15) is 16.7 Å². The minimum Gasteiger partial charge on any atom is -0.493 e. The van der Waals surface area contributed by atoms with E-state index in [0.29, 0.717) is 36.4 Å². The molecule has 1 aliphatic heterocycles. The van der Waals surface area contributed by atoms with Gasteiger partial charge in [0.05, 0.1) is 16.4 Å². The van der Waals surface area contributed by atoms with Crippen molar-refractivity contribution in [3.05, 3.63) is 121 Å². The highest BCUT2D eigenvalue weighted by atomic mass is 127. The molecule has 0 aliphatic carbocycles. The van der Waals surface area contributed by atoms with Gasteiger partial charge in [-0.15, -0.1) is 0 Å². The number of amides is 4. The van der Waals surface area contributed by atoms with Crippen LogP contribution >= 0.6 is 45.8 Å². The number of rotatable bonds is 9. The fraction of sp³-hybridized carbons (Fsp3) is 0.0938. The highest BCUT2D eigenvalue weighted by Crippen LogP contribution is 2.36. The highest BCUT2D eigenvalue weighted by Gasteiger charge is 2.37. The first-order valence-corrected chi connectivity index (χ1v) is 14.7. The van der Waals surface area contributed by atoms with Gasteiger partial charge in [-0.25, -0.2) is 9.69 Å². The van der Waals surface area contributed by atoms with Crippen molar-refractivity contribution in [2.45, 2.75) is 13.2 Å². The first kappa shape index (κ1) is 30.4. The van der Waals surface area contributed by atoms with E-state index in [1.165, 1.54) is 13.2 Å². The van der Waals surface area contributed by atoms with E-state index in [2.05, 4.69) is 27.9 Å². The van der Waals surface area contributed by atoms with Crippen LogP contribution in [0.5, 0.6) is 17.2 Å². The number of nitrogens with one attached hydrogen (secondary N) is 1. The van der Waals surface area contributed by atoms with Gasteiger partial charge in [0.15, 0.2) is 11.5 Å². The third-order valence-electron chi connectivity index (χ3n) is 6.41. The van der Waals surface area contributed by atoms with E-state index >= 15 is 0 Å². The molecule has 4 amide bonds. The summed E-state index contributed by atoms with van der Waals surface area (Å²) in [7, 11) is 1.50. The molecule has 0 aromatic heterocycles. The van der Waals surface area contributed by atoms with Gasteiger partial charge in [0.1, 0.15) is 24.5 Å². The van der Waals surface area contributed by atoms with Crippen molar-refractivity contribution in [2.24, 2.45) is 0 Å². The van der Waals surface area contributed by atoms with Gasteiger partial charge >= 0.3 is 6.03 Å². The van der Waals surface area contributed by atoms with E-state index < -0.39 is 17.8 Å². The molecule has 0 radical (unpaired) electrons. The Balaban J connectivity index is 1.34. The zero-order valence-electron chi connectivity index (χ0n) is 22.6. The predicted octanol–water partition coefficient (Wildman–Crippen LogP) is 7.43. The van der Waals surface area contributed by atoms with Gasteiger partial charge in [0, 0.05) is 15.6 Å². The number of nitrogens with zero attached hydrogens (tertiary/aromatic N) is 1. The van der Waals surface area contributed by atoms with Crippen LogP contribution in [-0.4, -0.2) is 25.0 Å². The molecule has 11 heteroatoms. The molecule has 0 unspecified atom stereocenters. The van der Waals surface area contributed by atoms with Crippen molar-refractivity contribution in [3.63, 3.8) is 0 Å². The SMILES string of the molecule is COc1cc(/C=C2\C(=O)NC(=O)N(c3ccc(OCc4ccccc4Cl)cc3)C2=O)cc(I)c1OCc1ccc(Cl)cc1. The fourth-order valence-corrected chi connectivity index (χ4v) is 5.32. The maximum atomic E-state index is 13.4. The van der Waals surface area contributed by atoms with E-state index in [0.717, 1.165) is 16.0 Å². The van der Waals surface area contributed by atoms with Gasteiger partial charge in [0.25, 0.3) is 11.8 Å². The first-order chi connectivity index (χ1) is 20.7. The Morgan fingerprint density at radius 3 is 2.30 bits per heavy atom. The van der Waals surface area contributed by atoms with Gasteiger partial charge in [0.2, 0.25) is 0 Å². The van der Waals surface area contributed by atoms with Gasteiger partial charge in [-0.1, -0.05) is 53.5 Å². The monoisotopic (exact) mass is 728 g/mol. The Labute approximate surface area is 271 Å². The summed E-state index contributed by atoms with van der Waals surface area (Å²) in [6.07, 6.45) is 1.41. The second-order valence-electron chi connectivity index (χ2n) is 9.28. The maximum absolute atomic E-state index is 13.4. The minimum absolute atomic E-state index is 0.216. The number of hydrogen-bond donors (Lipinski definition) is 1. The summed E-state index contributed by atoms with van der Waals surface area (Å²) in [5, 5.41) is 3.46. The highest BCUT2D eigenvalue weighted by molar-refractivity contribution is 14.1.